The lowest BCUT2D eigenvalue weighted by Crippen LogP contribution is -2.28. The van der Waals surface area contributed by atoms with Gasteiger partial charge in [0.05, 0.1) is 6.54 Å². The molecule has 0 radical (unpaired) electrons. The summed E-state index contributed by atoms with van der Waals surface area (Å²) in [6, 6.07) is 0. The minimum atomic E-state index is -0.333. The Kier molecular flexibility index (Phi) is 1.13. The first-order chi connectivity index (χ1) is 4.83. The van der Waals surface area contributed by atoms with Crippen LogP contribution in [0.1, 0.15) is 25.7 Å². The van der Waals surface area contributed by atoms with Crippen LogP contribution in [-0.2, 0) is 4.79 Å². The number of Topliss-reactive ketones (excluding diaryl/α,β-unsaturated/α-hetero) is 1. The minimum absolute atomic E-state index is 0.314. The van der Waals surface area contributed by atoms with Gasteiger partial charge in [-0.3, -0.25) is 4.79 Å². The summed E-state index contributed by atoms with van der Waals surface area (Å²) in [5, 5.41) is 7.90. The first kappa shape index (κ1) is 6.01. The van der Waals surface area contributed by atoms with Crippen LogP contribution in [0.3, 0.4) is 0 Å². The second-order valence-electron chi connectivity index (χ2n) is 3.02. The first-order valence-corrected chi connectivity index (χ1v) is 3.75. The Morgan fingerprint density at radius 2 is 2.30 bits per heavy atom. The second-order valence-corrected chi connectivity index (χ2v) is 3.02. The van der Waals surface area contributed by atoms with Crippen LogP contribution in [-0.4, -0.2) is 17.9 Å². The van der Waals surface area contributed by atoms with E-state index in [9.17, 15) is 4.79 Å². The van der Waals surface area contributed by atoms with Crippen molar-refractivity contribution in [2.24, 2.45) is 10.2 Å². The van der Waals surface area contributed by atoms with E-state index < -0.39 is 0 Å². The van der Waals surface area contributed by atoms with E-state index in [1.807, 2.05) is 0 Å². The molecule has 10 heavy (non-hydrogen) atoms. The Morgan fingerprint density at radius 1 is 1.40 bits per heavy atom. The molecule has 1 heterocycles. The standard InChI is InChI=1S/C7H10N2O/c10-6-2-1-3-7(6)4-5-8-9-7/h1-5H2. The fourth-order valence-corrected chi connectivity index (χ4v) is 1.75. The molecule has 0 bridgehead atoms. The van der Waals surface area contributed by atoms with Gasteiger partial charge in [0.15, 0.2) is 5.78 Å². The molecule has 0 N–H and O–H groups in total. The number of ketones is 1. The second kappa shape index (κ2) is 1.87. The van der Waals surface area contributed by atoms with Crippen LogP contribution >= 0.6 is 0 Å². The molecule has 0 amide bonds. The van der Waals surface area contributed by atoms with E-state index in [2.05, 4.69) is 10.2 Å². The molecule has 1 aliphatic carbocycles. The summed E-state index contributed by atoms with van der Waals surface area (Å²) in [5.41, 5.74) is -0.333. The predicted molar refractivity (Wildman–Crippen MR) is 35.9 cm³/mol. The Bertz CT molecular complexity index is 200. The summed E-state index contributed by atoms with van der Waals surface area (Å²) in [6.45, 7) is 0.756. The van der Waals surface area contributed by atoms with Crippen molar-refractivity contribution < 1.29 is 4.79 Å². The maximum atomic E-state index is 11.2. The van der Waals surface area contributed by atoms with Gasteiger partial charge in [-0.15, -0.1) is 0 Å². The molecule has 2 rings (SSSR count). The fourth-order valence-electron chi connectivity index (χ4n) is 1.75. The quantitative estimate of drug-likeness (QED) is 0.498. The number of rotatable bonds is 0. The maximum Gasteiger partial charge on any atom is 0.162 e. The van der Waals surface area contributed by atoms with E-state index in [4.69, 9.17) is 0 Å². The van der Waals surface area contributed by atoms with Crippen molar-refractivity contribution in [3.8, 4) is 0 Å². The van der Waals surface area contributed by atoms with E-state index in [0.717, 1.165) is 32.2 Å². The van der Waals surface area contributed by atoms with Crippen molar-refractivity contribution in [1.82, 2.24) is 0 Å². The summed E-state index contributed by atoms with van der Waals surface area (Å²) in [7, 11) is 0. The molecule has 3 heteroatoms. The zero-order chi connectivity index (χ0) is 7.03. The molecule has 1 unspecified atom stereocenters. The zero-order valence-electron chi connectivity index (χ0n) is 5.84. The Hall–Kier alpha value is -0.730. The SMILES string of the molecule is O=C1CCCC12CCN=N2. The Morgan fingerprint density at radius 3 is 2.80 bits per heavy atom. The van der Waals surface area contributed by atoms with Gasteiger partial charge < -0.3 is 0 Å². The van der Waals surface area contributed by atoms with Crippen LogP contribution in [0, 0.1) is 0 Å². The van der Waals surface area contributed by atoms with Gasteiger partial charge in [-0.2, -0.15) is 10.2 Å². The number of hydrogen-bond donors (Lipinski definition) is 0. The highest BCUT2D eigenvalue weighted by Gasteiger charge is 2.43. The molecule has 0 aromatic carbocycles. The molecule has 0 aromatic rings. The number of azo groups is 1. The van der Waals surface area contributed by atoms with Crippen LogP contribution < -0.4 is 0 Å². The van der Waals surface area contributed by atoms with Gasteiger partial charge in [-0.25, -0.2) is 0 Å². The topological polar surface area (TPSA) is 41.8 Å². The van der Waals surface area contributed by atoms with Gasteiger partial charge in [0.2, 0.25) is 0 Å². The lowest BCUT2D eigenvalue weighted by molar-refractivity contribution is -0.121. The van der Waals surface area contributed by atoms with Crippen molar-refractivity contribution >= 4 is 5.78 Å². The van der Waals surface area contributed by atoms with Crippen LogP contribution in [0.15, 0.2) is 10.2 Å². The normalized spacial score (nSPS) is 38.2. The third kappa shape index (κ3) is 0.632. The zero-order valence-corrected chi connectivity index (χ0v) is 5.84. The van der Waals surface area contributed by atoms with Gasteiger partial charge >= 0.3 is 0 Å². The average Bonchev–Trinajstić information content (AvgIpc) is 2.48. The minimum Gasteiger partial charge on any atom is -0.297 e. The van der Waals surface area contributed by atoms with Crippen LogP contribution in [0.5, 0.6) is 0 Å². The molecule has 1 atom stereocenters. The number of nitrogens with zero attached hydrogens (tertiary/aromatic N) is 2. The molecule has 1 aliphatic heterocycles. The van der Waals surface area contributed by atoms with Crippen molar-refractivity contribution in [3.05, 3.63) is 0 Å². The highest BCUT2D eigenvalue weighted by Crippen LogP contribution is 2.36. The highest BCUT2D eigenvalue weighted by atomic mass is 16.1. The van der Waals surface area contributed by atoms with Gasteiger partial charge in [0.25, 0.3) is 0 Å². The average molecular weight is 138 g/mol. The van der Waals surface area contributed by atoms with Gasteiger partial charge in [0.1, 0.15) is 5.54 Å². The first-order valence-electron chi connectivity index (χ1n) is 3.75. The molecular weight excluding hydrogens is 128 g/mol. The van der Waals surface area contributed by atoms with Crippen LogP contribution in [0.2, 0.25) is 0 Å². The molecule has 1 fully saturated rings. The van der Waals surface area contributed by atoms with Crippen LogP contribution in [0.4, 0.5) is 0 Å². The smallest absolute Gasteiger partial charge is 0.162 e. The lowest BCUT2D eigenvalue weighted by Gasteiger charge is -2.13. The van der Waals surface area contributed by atoms with Gasteiger partial charge in [-0.05, 0) is 12.8 Å². The highest BCUT2D eigenvalue weighted by molar-refractivity contribution is 5.90. The monoisotopic (exact) mass is 138 g/mol. The maximum absolute atomic E-state index is 11.2. The van der Waals surface area contributed by atoms with Gasteiger partial charge in [-0.1, -0.05) is 0 Å². The fraction of sp³-hybridized carbons (Fsp3) is 0.857. The largest absolute Gasteiger partial charge is 0.297 e. The molecule has 54 valence electrons. The number of carbonyl (C=O) groups is 1. The molecule has 1 saturated carbocycles. The molecule has 1 spiro atoms. The van der Waals surface area contributed by atoms with E-state index in [1.54, 1.807) is 0 Å². The molecule has 3 nitrogen and oxygen atoms in total. The van der Waals surface area contributed by atoms with E-state index in [1.165, 1.54) is 0 Å². The lowest BCUT2D eigenvalue weighted by atomic mass is 9.95. The van der Waals surface area contributed by atoms with Crippen molar-refractivity contribution in [3.63, 3.8) is 0 Å². The third-order valence-electron chi connectivity index (χ3n) is 2.40. The van der Waals surface area contributed by atoms with Crippen molar-refractivity contribution in [2.45, 2.75) is 31.2 Å². The van der Waals surface area contributed by atoms with Crippen molar-refractivity contribution in [1.29, 1.82) is 0 Å². The summed E-state index contributed by atoms with van der Waals surface area (Å²) >= 11 is 0. The third-order valence-corrected chi connectivity index (χ3v) is 2.40. The Balaban J connectivity index is 2.28. The summed E-state index contributed by atoms with van der Waals surface area (Å²) in [5.74, 6) is 0.314. The van der Waals surface area contributed by atoms with E-state index in [-0.39, 0.29) is 5.54 Å². The predicted octanol–water partition coefficient (Wildman–Crippen LogP) is 1.33. The molecular formula is C7H10N2O. The summed E-state index contributed by atoms with van der Waals surface area (Å²) < 4.78 is 0. The molecule has 2 aliphatic rings. The molecule has 0 saturated heterocycles. The van der Waals surface area contributed by atoms with E-state index in [0.29, 0.717) is 5.78 Å². The Labute approximate surface area is 59.5 Å². The van der Waals surface area contributed by atoms with Crippen molar-refractivity contribution in [2.75, 3.05) is 6.54 Å². The number of carbonyl (C=O) groups excluding carboxylic acids is 1. The summed E-state index contributed by atoms with van der Waals surface area (Å²) in [4.78, 5) is 11.2. The molecule has 0 aromatic heterocycles. The van der Waals surface area contributed by atoms with Crippen LogP contribution in [0.25, 0.3) is 0 Å². The summed E-state index contributed by atoms with van der Waals surface area (Å²) in [6.07, 6.45) is 3.54. The number of hydrogen-bond acceptors (Lipinski definition) is 3. The van der Waals surface area contributed by atoms with E-state index >= 15 is 0 Å². The van der Waals surface area contributed by atoms with Gasteiger partial charge in [0, 0.05) is 12.8 Å².